The minimum Gasteiger partial charge on any atom is -0.467 e. The highest BCUT2D eigenvalue weighted by Crippen LogP contribution is 2.42. The number of hydrogen-bond donors (Lipinski definition) is 0. The normalized spacial score (nSPS) is 13.9. The van der Waals surface area contributed by atoms with Crippen molar-refractivity contribution in [2.24, 2.45) is 0 Å². The van der Waals surface area contributed by atoms with Gasteiger partial charge in [0.2, 0.25) is 0 Å². The maximum atomic E-state index is 6.04. The van der Waals surface area contributed by atoms with E-state index in [0.717, 1.165) is 123 Å². The molecule has 0 spiro atoms. The van der Waals surface area contributed by atoms with Crippen LogP contribution in [0, 0.1) is 13.8 Å². The largest absolute Gasteiger partial charge is 0.467 e. The van der Waals surface area contributed by atoms with Crippen LogP contribution in [-0.4, -0.2) is 27.8 Å². The lowest BCUT2D eigenvalue weighted by molar-refractivity contribution is 0.0466. The summed E-state index contributed by atoms with van der Waals surface area (Å²) in [5, 5.41) is 0. The number of methoxy groups -OCH3 is 2. The number of allylic oxidation sites excluding steroid dienone is 18. The quantitative estimate of drug-likeness (QED) is 0.0533. The Kier molecular flexibility index (Phi) is 31.5. The molecular formula is C57H89BrO4. The van der Waals surface area contributed by atoms with Gasteiger partial charge in [0.1, 0.15) is 11.5 Å². The van der Waals surface area contributed by atoms with E-state index in [2.05, 4.69) is 147 Å². The van der Waals surface area contributed by atoms with E-state index in [9.17, 15) is 0 Å². The summed E-state index contributed by atoms with van der Waals surface area (Å²) in [6.45, 7) is 27.1. The second-order valence-electron chi connectivity index (χ2n) is 18.0. The fourth-order valence-corrected chi connectivity index (χ4v) is 8.01. The first-order valence-electron chi connectivity index (χ1n) is 23.5. The molecule has 0 unspecified atom stereocenters. The van der Waals surface area contributed by atoms with Gasteiger partial charge in [0.15, 0.2) is 13.6 Å². The van der Waals surface area contributed by atoms with Gasteiger partial charge in [-0.2, -0.15) is 0 Å². The van der Waals surface area contributed by atoms with Crippen molar-refractivity contribution in [2.45, 2.75) is 192 Å². The van der Waals surface area contributed by atoms with Gasteiger partial charge < -0.3 is 18.9 Å². The Morgan fingerprint density at radius 1 is 0.387 bits per heavy atom. The van der Waals surface area contributed by atoms with E-state index in [4.69, 9.17) is 18.9 Å². The third-order valence-electron chi connectivity index (χ3n) is 11.6. The highest BCUT2D eigenvalue weighted by Gasteiger charge is 2.20. The van der Waals surface area contributed by atoms with Crippen LogP contribution in [0.5, 0.6) is 11.5 Å². The standard InChI is InChI=1S/C57H89BrO4/c1-43(2)23-15-24-44(3)25-16-26-45(4)27-17-28-46(5)29-18-30-47(6)31-19-32-48(7)33-20-34-49(8)35-21-36-50(9)37-22-38-51(10)39-40-54-55(58)57(62-42-60-14)53(12)52(11)56(54)61-41-59-13/h23,25,27,29,31,33,35,37,39H,15-22,24,26,28,30,32,34,36,38,40-42H2,1-14H3/b44-25+,45-27+,46-29+,47-31+,48-33+,49-35+,50-37+,51-39+/i56+1. The predicted molar refractivity (Wildman–Crippen MR) is 276 cm³/mol. The molecule has 0 fully saturated rings. The van der Waals surface area contributed by atoms with E-state index in [1.807, 2.05) is 6.92 Å². The van der Waals surface area contributed by atoms with E-state index < -0.39 is 0 Å². The van der Waals surface area contributed by atoms with Crippen LogP contribution < -0.4 is 9.47 Å². The summed E-state index contributed by atoms with van der Waals surface area (Å²) in [5.41, 5.74) is 16.5. The smallest absolute Gasteiger partial charge is 0.188 e. The first-order chi connectivity index (χ1) is 29.6. The molecule has 0 saturated carbocycles. The summed E-state index contributed by atoms with van der Waals surface area (Å²) < 4.78 is 23.3. The Morgan fingerprint density at radius 3 is 0.935 bits per heavy atom. The topological polar surface area (TPSA) is 36.9 Å². The molecule has 5 heteroatoms. The zero-order valence-electron chi connectivity index (χ0n) is 42.1. The molecule has 0 saturated heterocycles. The molecule has 1 aromatic rings. The van der Waals surface area contributed by atoms with Crippen LogP contribution in [0.1, 0.15) is 189 Å². The monoisotopic (exact) mass is 918 g/mol. The molecule has 0 aromatic heterocycles. The van der Waals surface area contributed by atoms with Crippen molar-refractivity contribution in [1.82, 2.24) is 0 Å². The Bertz CT molecular complexity index is 1750. The van der Waals surface area contributed by atoms with Crippen LogP contribution in [0.3, 0.4) is 0 Å². The number of rotatable bonds is 32. The van der Waals surface area contributed by atoms with E-state index >= 15 is 0 Å². The number of halogens is 1. The summed E-state index contributed by atoms with van der Waals surface area (Å²) in [4.78, 5) is 0. The van der Waals surface area contributed by atoms with Crippen LogP contribution in [0.15, 0.2) is 109 Å². The number of ether oxygens (including phenoxy) is 4. The van der Waals surface area contributed by atoms with Crippen molar-refractivity contribution in [3.63, 3.8) is 0 Å². The fourth-order valence-electron chi connectivity index (χ4n) is 7.26. The van der Waals surface area contributed by atoms with E-state index in [0.29, 0.717) is 0 Å². The van der Waals surface area contributed by atoms with Crippen molar-refractivity contribution in [1.29, 1.82) is 0 Å². The Morgan fingerprint density at radius 2 is 0.645 bits per heavy atom. The molecule has 4 nitrogen and oxygen atoms in total. The lowest BCUT2D eigenvalue weighted by Gasteiger charge is -2.21. The zero-order chi connectivity index (χ0) is 46.3. The van der Waals surface area contributed by atoms with Gasteiger partial charge in [-0.15, -0.1) is 0 Å². The molecule has 348 valence electrons. The van der Waals surface area contributed by atoms with E-state index in [1.165, 1.54) is 69.4 Å². The highest BCUT2D eigenvalue weighted by atomic mass is 79.9. The van der Waals surface area contributed by atoms with Gasteiger partial charge in [-0.3, -0.25) is 0 Å². The molecule has 0 atom stereocenters. The molecule has 0 aliphatic heterocycles. The molecule has 62 heavy (non-hydrogen) atoms. The van der Waals surface area contributed by atoms with Gasteiger partial charge in [0.25, 0.3) is 0 Å². The molecule has 1 rings (SSSR count). The Balaban J connectivity index is 2.42. The lowest BCUT2D eigenvalue weighted by atomic mass is 10.0. The zero-order valence-corrected chi connectivity index (χ0v) is 43.7. The van der Waals surface area contributed by atoms with Crippen molar-refractivity contribution in [3.8, 4) is 11.5 Å². The van der Waals surface area contributed by atoms with Crippen molar-refractivity contribution in [3.05, 3.63) is 126 Å². The summed E-state index contributed by atoms with van der Waals surface area (Å²) in [6, 6.07) is 0. The first-order valence-corrected chi connectivity index (χ1v) is 24.3. The van der Waals surface area contributed by atoms with Crippen LogP contribution in [-0.2, 0) is 15.9 Å². The number of benzene rings is 1. The van der Waals surface area contributed by atoms with Gasteiger partial charge in [-0.1, -0.05) is 105 Å². The fraction of sp³-hybridized carbons (Fsp3) is 0.579. The second-order valence-corrected chi connectivity index (χ2v) is 18.8. The number of hydrogen-bond acceptors (Lipinski definition) is 4. The summed E-state index contributed by atoms with van der Waals surface area (Å²) in [5.74, 6) is 1.64. The van der Waals surface area contributed by atoms with Crippen molar-refractivity contribution in [2.75, 3.05) is 27.8 Å². The highest BCUT2D eigenvalue weighted by molar-refractivity contribution is 9.10. The molecule has 0 N–H and O–H groups in total. The van der Waals surface area contributed by atoms with Crippen molar-refractivity contribution < 1.29 is 18.9 Å². The van der Waals surface area contributed by atoms with Gasteiger partial charge in [-0.25, -0.2) is 0 Å². The molecule has 0 heterocycles. The van der Waals surface area contributed by atoms with Gasteiger partial charge >= 0.3 is 0 Å². The lowest BCUT2D eigenvalue weighted by Crippen LogP contribution is -2.08. The first kappa shape index (κ1) is 56.9. The van der Waals surface area contributed by atoms with Crippen LogP contribution >= 0.6 is 15.9 Å². The summed E-state index contributed by atoms with van der Waals surface area (Å²) >= 11 is 3.80. The SMILES string of the molecule is COCOc1c(C)c(C)[13c](OCOC)c(C/C=C(\C)CC/C=C(\C)CC/C=C(\C)CC/C=C(\C)CC/C=C(\C)CC/C=C(\C)CC/C=C(\C)CC/C=C(\C)CCC=C(C)C)c1Br. The second kappa shape index (κ2) is 34.3. The summed E-state index contributed by atoms with van der Waals surface area (Å²) in [6.07, 6.45) is 40.7. The van der Waals surface area contributed by atoms with Gasteiger partial charge in [-0.05, 0) is 219 Å². The molecule has 0 amide bonds. The van der Waals surface area contributed by atoms with Crippen molar-refractivity contribution >= 4 is 15.9 Å². The average molecular weight is 919 g/mol. The van der Waals surface area contributed by atoms with E-state index in [-0.39, 0.29) is 13.6 Å². The predicted octanol–water partition coefficient (Wildman–Crippen LogP) is 18.4. The average Bonchev–Trinajstić information content (AvgIpc) is 3.21. The van der Waals surface area contributed by atoms with Crippen LogP contribution in [0.25, 0.3) is 0 Å². The maximum absolute atomic E-state index is 6.04. The molecule has 1 aromatic carbocycles. The van der Waals surface area contributed by atoms with Crippen LogP contribution in [0.4, 0.5) is 0 Å². The molecule has 0 bridgehead atoms. The third-order valence-corrected chi connectivity index (χ3v) is 12.4. The molecule has 0 aliphatic rings. The van der Waals surface area contributed by atoms with E-state index in [1.54, 1.807) is 14.2 Å². The van der Waals surface area contributed by atoms with Gasteiger partial charge in [0.05, 0.1) is 4.47 Å². The summed E-state index contributed by atoms with van der Waals surface area (Å²) in [7, 11) is 3.27. The van der Waals surface area contributed by atoms with Gasteiger partial charge in [0, 0.05) is 19.8 Å². The minimum atomic E-state index is 0.191. The maximum Gasteiger partial charge on any atom is 0.188 e. The Hall–Kier alpha value is -3.12. The third kappa shape index (κ3) is 26.5. The molecular weight excluding hydrogens is 830 g/mol. The molecule has 0 radical (unpaired) electrons. The Labute approximate surface area is 390 Å². The minimum absolute atomic E-state index is 0.191. The molecule has 0 aliphatic carbocycles. The van der Waals surface area contributed by atoms with Crippen LogP contribution in [0.2, 0.25) is 0 Å².